The molecule has 1 N–H and O–H groups in total. The number of benzene rings is 1. The third-order valence-corrected chi connectivity index (χ3v) is 3.65. The van der Waals surface area contributed by atoms with E-state index in [0.717, 1.165) is 16.7 Å². The Kier molecular flexibility index (Phi) is 2.47. The first-order valence-electron chi connectivity index (χ1n) is 5.68. The van der Waals surface area contributed by atoms with Crippen molar-refractivity contribution in [2.75, 3.05) is 18.0 Å². The number of rotatable bonds is 1. The average Bonchev–Trinajstić information content (AvgIpc) is 2.85. The molecular formula is C12H13ClFN3. The molecule has 1 aliphatic heterocycles. The fourth-order valence-corrected chi connectivity index (χ4v) is 2.60. The van der Waals surface area contributed by atoms with E-state index in [2.05, 4.69) is 10.2 Å². The standard InChI is InChI=1S/C12H13ClFN3/c1-7-5-17(6-9(7)14)12-11-8(13)3-2-4-10(11)15-16-12/h2-4,7,9H,5-6H2,1H3,(H,15,16). The van der Waals surface area contributed by atoms with Gasteiger partial charge >= 0.3 is 0 Å². The maximum absolute atomic E-state index is 13.5. The summed E-state index contributed by atoms with van der Waals surface area (Å²) in [5.41, 5.74) is 0.891. The highest BCUT2D eigenvalue weighted by atomic mass is 35.5. The molecular weight excluding hydrogens is 241 g/mol. The van der Waals surface area contributed by atoms with Gasteiger partial charge in [0.05, 0.1) is 22.5 Å². The minimum Gasteiger partial charge on any atom is -0.351 e. The number of H-pyrrole nitrogens is 1. The Labute approximate surface area is 104 Å². The number of nitrogens with zero attached hydrogens (tertiary/aromatic N) is 2. The van der Waals surface area contributed by atoms with E-state index in [1.165, 1.54) is 0 Å². The summed E-state index contributed by atoms with van der Waals surface area (Å²) >= 11 is 6.17. The summed E-state index contributed by atoms with van der Waals surface area (Å²) in [5.74, 6) is 0.807. The van der Waals surface area contributed by atoms with Crippen molar-refractivity contribution < 1.29 is 4.39 Å². The van der Waals surface area contributed by atoms with Crippen LogP contribution in [0.5, 0.6) is 0 Å². The molecule has 2 aromatic rings. The highest BCUT2D eigenvalue weighted by Crippen LogP contribution is 2.33. The van der Waals surface area contributed by atoms with Crippen LogP contribution in [0.25, 0.3) is 10.9 Å². The van der Waals surface area contributed by atoms with Gasteiger partial charge in [-0.1, -0.05) is 24.6 Å². The molecule has 0 spiro atoms. The van der Waals surface area contributed by atoms with Crippen LogP contribution in [0.15, 0.2) is 18.2 Å². The fraction of sp³-hybridized carbons (Fsp3) is 0.417. The van der Waals surface area contributed by atoms with E-state index in [4.69, 9.17) is 11.6 Å². The Hall–Kier alpha value is -1.29. The zero-order valence-corrected chi connectivity index (χ0v) is 10.2. The summed E-state index contributed by atoms with van der Waals surface area (Å²) in [6.45, 7) is 3.00. The Balaban J connectivity index is 2.07. The van der Waals surface area contributed by atoms with Gasteiger partial charge in [0.25, 0.3) is 0 Å². The average molecular weight is 254 g/mol. The first kappa shape index (κ1) is 10.8. The second kappa shape index (κ2) is 3.88. The third kappa shape index (κ3) is 1.67. The summed E-state index contributed by atoms with van der Waals surface area (Å²) in [7, 11) is 0. The topological polar surface area (TPSA) is 31.9 Å². The van der Waals surface area contributed by atoms with Crippen molar-refractivity contribution in [3.8, 4) is 0 Å². The first-order chi connectivity index (χ1) is 8.16. The van der Waals surface area contributed by atoms with Crippen LogP contribution in [0.4, 0.5) is 10.2 Å². The molecule has 0 bridgehead atoms. The Bertz CT molecular complexity index is 544. The molecule has 2 heterocycles. The molecule has 2 atom stereocenters. The van der Waals surface area contributed by atoms with Gasteiger partial charge in [-0.15, -0.1) is 0 Å². The Morgan fingerprint density at radius 2 is 2.29 bits per heavy atom. The van der Waals surface area contributed by atoms with Gasteiger partial charge in [-0.05, 0) is 12.1 Å². The molecule has 1 aromatic carbocycles. The molecule has 0 amide bonds. The first-order valence-corrected chi connectivity index (χ1v) is 6.06. The predicted octanol–water partition coefficient (Wildman–Crippen LogP) is 3.01. The number of alkyl halides is 1. The summed E-state index contributed by atoms with van der Waals surface area (Å²) in [6.07, 6.45) is -0.788. The summed E-state index contributed by atoms with van der Waals surface area (Å²) in [4.78, 5) is 1.96. The highest BCUT2D eigenvalue weighted by molar-refractivity contribution is 6.36. The van der Waals surface area contributed by atoms with Crippen molar-refractivity contribution in [2.24, 2.45) is 5.92 Å². The van der Waals surface area contributed by atoms with Crippen LogP contribution in [-0.2, 0) is 0 Å². The summed E-state index contributed by atoms with van der Waals surface area (Å²) in [6, 6.07) is 5.62. The van der Waals surface area contributed by atoms with Crippen LogP contribution in [0, 0.1) is 5.92 Å². The van der Waals surface area contributed by atoms with Crippen LogP contribution in [0.1, 0.15) is 6.92 Å². The van der Waals surface area contributed by atoms with Crippen LogP contribution in [-0.4, -0.2) is 29.5 Å². The number of hydrogen-bond acceptors (Lipinski definition) is 2. The highest BCUT2D eigenvalue weighted by Gasteiger charge is 2.31. The van der Waals surface area contributed by atoms with E-state index in [9.17, 15) is 4.39 Å². The number of halogens is 2. The van der Waals surface area contributed by atoms with Crippen molar-refractivity contribution in [3.05, 3.63) is 23.2 Å². The quantitative estimate of drug-likeness (QED) is 0.847. The van der Waals surface area contributed by atoms with Crippen LogP contribution in [0.3, 0.4) is 0 Å². The van der Waals surface area contributed by atoms with Gasteiger partial charge in [0, 0.05) is 12.5 Å². The third-order valence-electron chi connectivity index (χ3n) is 3.34. The number of hydrogen-bond donors (Lipinski definition) is 1. The van der Waals surface area contributed by atoms with E-state index in [0.29, 0.717) is 18.1 Å². The summed E-state index contributed by atoms with van der Waals surface area (Å²) in [5, 5.41) is 8.73. The molecule has 0 radical (unpaired) electrons. The summed E-state index contributed by atoms with van der Waals surface area (Å²) < 4.78 is 13.5. The minimum atomic E-state index is -0.788. The van der Waals surface area contributed by atoms with Gasteiger partial charge in [0.15, 0.2) is 5.82 Å². The van der Waals surface area contributed by atoms with Crippen molar-refractivity contribution in [1.29, 1.82) is 0 Å². The van der Waals surface area contributed by atoms with E-state index in [1.54, 1.807) is 0 Å². The zero-order valence-electron chi connectivity index (χ0n) is 9.45. The lowest BCUT2D eigenvalue weighted by molar-refractivity contribution is 0.299. The molecule has 0 aliphatic carbocycles. The van der Waals surface area contributed by atoms with Gasteiger partial charge in [0.2, 0.25) is 0 Å². The molecule has 5 heteroatoms. The Morgan fingerprint density at radius 3 is 3.00 bits per heavy atom. The van der Waals surface area contributed by atoms with Gasteiger partial charge in [-0.25, -0.2) is 4.39 Å². The normalized spacial score (nSPS) is 24.8. The molecule has 3 nitrogen and oxygen atoms in total. The van der Waals surface area contributed by atoms with E-state index >= 15 is 0 Å². The minimum absolute atomic E-state index is 0.0456. The predicted molar refractivity (Wildman–Crippen MR) is 67.4 cm³/mol. The van der Waals surface area contributed by atoms with E-state index < -0.39 is 6.17 Å². The maximum Gasteiger partial charge on any atom is 0.159 e. The largest absolute Gasteiger partial charge is 0.351 e. The molecule has 17 heavy (non-hydrogen) atoms. The van der Waals surface area contributed by atoms with Crippen molar-refractivity contribution >= 4 is 28.3 Å². The van der Waals surface area contributed by atoms with Crippen molar-refractivity contribution in [3.63, 3.8) is 0 Å². The lowest BCUT2D eigenvalue weighted by atomic mass is 10.1. The smallest absolute Gasteiger partial charge is 0.159 e. The van der Waals surface area contributed by atoms with Gasteiger partial charge in [-0.3, -0.25) is 5.10 Å². The fourth-order valence-electron chi connectivity index (χ4n) is 2.34. The van der Waals surface area contributed by atoms with E-state index in [-0.39, 0.29) is 5.92 Å². The second-order valence-electron chi connectivity index (χ2n) is 4.61. The van der Waals surface area contributed by atoms with Crippen molar-refractivity contribution in [2.45, 2.75) is 13.1 Å². The molecule has 1 saturated heterocycles. The molecule has 2 unspecified atom stereocenters. The lowest BCUT2D eigenvalue weighted by Crippen LogP contribution is -2.20. The second-order valence-corrected chi connectivity index (χ2v) is 5.02. The molecule has 1 fully saturated rings. The number of aromatic amines is 1. The molecule has 1 aromatic heterocycles. The molecule has 1 aliphatic rings. The lowest BCUT2D eigenvalue weighted by Gasteiger charge is -2.14. The molecule has 0 saturated carbocycles. The molecule has 3 rings (SSSR count). The zero-order chi connectivity index (χ0) is 12.0. The van der Waals surface area contributed by atoms with Crippen LogP contribution < -0.4 is 4.90 Å². The van der Waals surface area contributed by atoms with Crippen LogP contribution >= 0.6 is 11.6 Å². The number of aromatic nitrogens is 2. The van der Waals surface area contributed by atoms with Crippen LogP contribution in [0.2, 0.25) is 5.02 Å². The van der Waals surface area contributed by atoms with Gasteiger partial charge in [0.1, 0.15) is 6.17 Å². The Morgan fingerprint density at radius 1 is 1.47 bits per heavy atom. The van der Waals surface area contributed by atoms with Crippen molar-refractivity contribution in [1.82, 2.24) is 10.2 Å². The van der Waals surface area contributed by atoms with Gasteiger partial charge in [-0.2, -0.15) is 5.10 Å². The van der Waals surface area contributed by atoms with E-state index in [1.807, 2.05) is 30.0 Å². The number of fused-ring (bicyclic) bond motifs is 1. The van der Waals surface area contributed by atoms with Gasteiger partial charge < -0.3 is 4.90 Å². The molecule has 90 valence electrons. The number of anilines is 1. The number of nitrogens with one attached hydrogen (secondary N) is 1. The maximum atomic E-state index is 13.5. The monoisotopic (exact) mass is 253 g/mol. The SMILES string of the molecule is CC1CN(c2n[nH]c3cccc(Cl)c23)CC1F.